The van der Waals surface area contributed by atoms with E-state index in [2.05, 4.69) is 16.9 Å². The van der Waals surface area contributed by atoms with Gasteiger partial charge < -0.3 is 9.64 Å². The van der Waals surface area contributed by atoms with Crippen molar-refractivity contribution in [2.45, 2.75) is 25.6 Å². The van der Waals surface area contributed by atoms with Crippen molar-refractivity contribution in [2.75, 3.05) is 20.1 Å². The van der Waals surface area contributed by atoms with Crippen LogP contribution in [0.5, 0.6) is 0 Å². The van der Waals surface area contributed by atoms with Crippen molar-refractivity contribution < 1.29 is 4.74 Å². The van der Waals surface area contributed by atoms with Crippen LogP contribution in [0, 0.1) is 11.8 Å². The lowest BCUT2D eigenvalue weighted by atomic mass is 9.95. The fraction of sp³-hybridized carbons (Fsp3) is 0.643. The van der Waals surface area contributed by atoms with Crippen LogP contribution in [-0.2, 0) is 11.3 Å². The van der Waals surface area contributed by atoms with E-state index in [1.807, 2.05) is 24.5 Å². The molecule has 2 bridgehead atoms. The number of aromatic nitrogens is 1. The van der Waals surface area contributed by atoms with Gasteiger partial charge in [0.15, 0.2) is 0 Å². The van der Waals surface area contributed by atoms with E-state index in [-0.39, 0.29) is 0 Å². The van der Waals surface area contributed by atoms with E-state index in [1.54, 1.807) is 0 Å². The van der Waals surface area contributed by atoms with Crippen molar-refractivity contribution in [2.24, 2.45) is 11.8 Å². The van der Waals surface area contributed by atoms with Gasteiger partial charge in [0.1, 0.15) is 0 Å². The maximum atomic E-state index is 6.15. The fourth-order valence-electron chi connectivity index (χ4n) is 3.35. The third kappa shape index (κ3) is 2.35. The Balaban J connectivity index is 1.60. The molecule has 2 fully saturated rings. The minimum Gasteiger partial charge on any atom is -0.373 e. The van der Waals surface area contributed by atoms with E-state index in [1.165, 1.54) is 31.5 Å². The normalized spacial score (nSPS) is 32.9. The number of hydrogen-bond donors (Lipinski definition) is 0. The Labute approximate surface area is 103 Å². The smallest absolute Gasteiger partial charge is 0.0722 e. The predicted octanol–water partition coefficient (Wildman–Crippen LogP) is 1.94. The van der Waals surface area contributed by atoms with Crippen LogP contribution in [0.3, 0.4) is 0 Å². The minimum absolute atomic E-state index is 0.486. The second-order valence-electron chi connectivity index (χ2n) is 5.45. The van der Waals surface area contributed by atoms with Gasteiger partial charge in [0.25, 0.3) is 0 Å². The molecule has 1 aliphatic carbocycles. The van der Waals surface area contributed by atoms with E-state index in [0.29, 0.717) is 6.10 Å². The molecule has 0 amide bonds. The molecule has 1 saturated carbocycles. The van der Waals surface area contributed by atoms with Gasteiger partial charge in [0, 0.05) is 25.5 Å². The van der Waals surface area contributed by atoms with E-state index >= 15 is 0 Å². The number of likely N-dealkylation sites (tertiary alicyclic amines) is 1. The van der Waals surface area contributed by atoms with Crippen molar-refractivity contribution in [3.63, 3.8) is 0 Å². The zero-order valence-corrected chi connectivity index (χ0v) is 10.4. The Bertz CT molecular complexity index is 354. The first-order valence-electron chi connectivity index (χ1n) is 6.52. The maximum Gasteiger partial charge on any atom is 0.0722 e. The quantitative estimate of drug-likeness (QED) is 0.796. The highest BCUT2D eigenvalue weighted by molar-refractivity contribution is 5.08. The Hall–Kier alpha value is -0.930. The SMILES string of the molecule is CN1C[C@H]2CC[C@@H](C1)[C@H]2OCc1ccncc1. The number of ether oxygens (including phenoxy) is 1. The molecule has 0 radical (unpaired) electrons. The number of nitrogens with zero attached hydrogens (tertiary/aromatic N) is 2. The Morgan fingerprint density at radius 1 is 1.24 bits per heavy atom. The highest BCUT2D eigenvalue weighted by Crippen LogP contribution is 2.38. The van der Waals surface area contributed by atoms with Gasteiger partial charge in [0.05, 0.1) is 12.7 Å². The van der Waals surface area contributed by atoms with Gasteiger partial charge in [-0.2, -0.15) is 0 Å². The third-order valence-corrected chi connectivity index (χ3v) is 4.12. The summed E-state index contributed by atoms with van der Waals surface area (Å²) in [6, 6.07) is 4.08. The van der Waals surface area contributed by atoms with Crippen LogP contribution >= 0.6 is 0 Å². The molecule has 0 spiro atoms. The number of fused-ring (bicyclic) bond motifs is 2. The van der Waals surface area contributed by atoms with Crippen LogP contribution in [-0.4, -0.2) is 36.1 Å². The van der Waals surface area contributed by atoms with E-state index in [4.69, 9.17) is 4.74 Å². The van der Waals surface area contributed by atoms with Gasteiger partial charge in [-0.3, -0.25) is 4.98 Å². The standard InChI is InChI=1S/C14H20N2O/c1-16-8-12-2-3-13(9-16)14(12)17-10-11-4-6-15-7-5-11/h4-7,12-14H,2-3,8-10H2,1H3/t12-,13+,14+. The Morgan fingerprint density at radius 2 is 1.88 bits per heavy atom. The molecule has 1 saturated heterocycles. The monoisotopic (exact) mass is 232 g/mol. The molecule has 3 rings (SSSR count). The first-order chi connectivity index (χ1) is 8.33. The lowest BCUT2D eigenvalue weighted by Gasteiger charge is -2.35. The fourth-order valence-corrected chi connectivity index (χ4v) is 3.35. The van der Waals surface area contributed by atoms with Crippen molar-refractivity contribution in [1.29, 1.82) is 0 Å². The van der Waals surface area contributed by atoms with E-state index < -0.39 is 0 Å². The molecule has 1 aromatic heterocycles. The first-order valence-corrected chi connectivity index (χ1v) is 6.52. The van der Waals surface area contributed by atoms with E-state index in [0.717, 1.165) is 18.4 Å². The highest BCUT2D eigenvalue weighted by Gasteiger charge is 2.41. The molecule has 0 N–H and O–H groups in total. The van der Waals surface area contributed by atoms with Crippen molar-refractivity contribution in [3.8, 4) is 0 Å². The van der Waals surface area contributed by atoms with Gasteiger partial charge in [-0.05, 0) is 49.4 Å². The topological polar surface area (TPSA) is 25.4 Å². The van der Waals surface area contributed by atoms with Gasteiger partial charge in [-0.15, -0.1) is 0 Å². The van der Waals surface area contributed by atoms with Gasteiger partial charge in [0.2, 0.25) is 0 Å². The van der Waals surface area contributed by atoms with Crippen molar-refractivity contribution in [3.05, 3.63) is 30.1 Å². The summed E-state index contributed by atoms with van der Waals surface area (Å²) in [5, 5.41) is 0. The van der Waals surface area contributed by atoms with Gasteiger partial charge in [-0.1, -0.05) is 0 Å². The maximum absolute atomic E-state index is 6.15. The summed E-state index contributed by atoms with van der Waals surface area (Å²) in [5.41, 5.74) is 1.23. The summed E-state index contributed by atoms with van der Waals surface area (Å²) < 4.78 is 6.15. The summed E-state index contributed by atoms with van der Waals surface area (Å²) in [7, 11) is 2.23. The van der Waals surface area contributed by atoms with Crippen LogP contribution in [0.1, 0.15) is 18.4 Å². The number of piperidine rings is 1. The Morgan fingerprint density at radius 3 is 2.53 bits per heavy atom. The largest absolute Gasteiger partial charge is 0.373 e. The molecule has 1 aliphatic heterocycles. The molecule has 2 aliphatic rings. The van der Waals surface area contributed by atoms with Gasteiger partial charge >= 0.3 is 0 Å². The average Bonchev–Trinajstić information content (AvgIpc) is 2.59. The second-order valence-corrected chi connectivity index (χ2v) is 5.45. The molecule has 3 nitrogen and oxygen atoms in total. The molecule has 17 heavy (non-hydrogen) atoms. The van der Waals surface area contributed by atoms with Crippen LogP contribution in [0.2, 0.25) is 0 Å². The van der Waals surface area contributed by atoms with Crippen molar-refractivity contribution >= 4 is 0 Å². The first kappa shape index (κ1) is 11.2. The third-order valence-electron chi connectivity index (χ3n) is 4.12. The van der Waals surface area contributed by atoms with Crippen LogP contribution in [0.15, 0.2) is 24.5 Å². The molecule has 3 heteroatoms. The second kappa shape index (κ2) is 4.75. The molecule has 2 heterocycles. The molecule has 3 atom stereocenters. The molecule has 92 valence electrons. The lowest BCUT2D eigenvalue weighted by Crippen LogP contribution is -2.43. The number of pyridine rings is 1. The van der Waals surface area contributed by atoms with Crippen LogP contribution in [0.4, 0.5) is 0 Å². The average molecular weight is 232 g/mol. The summed E-state index contributed by atoms with van der Waals surface area (Å²) in [6.45, 7) is 3.15. The van der Waals surface area contributed by atoms with Crippen LogP contribution < -0.4 is 0 Å². The minimum atomic E-state index is 0.486. The summed E-state index contributed by atoms with van der Waals surface area (Å²) in [5.74, 6) is 1.50. The zero-order valence-electron chi connectivity index (χ0n) is 10.4. The van der Waals surface area contributed by atoms with Gasteiger partial charge in [-0.25, -0.2) is 0 Å². The summed E-state index contributed by atoms with van der Waals surface area (Å²) >= 11 is 0. The Kier molecular flexibility index (Phi) is 3.12. The molecule has 0 aromatic carbocycles. The molecular weight excluding hydrogens is 212 g/mol. The molecule has 1 aromatic rings. The predicted molar refractivity (Wildman–Crippen MR) is 66.5 cm³/mol. The number of rotatable bonds is 3. The lowest BCUT2D eigenvalue weighted by molar-refractivity contribution is -0.0460. The zero-order chi connectivity index (χ0) is 11.7. The highest BCUT2D eigenvalue weighted by atomic mass is 16.5. The molecular formula is C14H20N2O. The molecule has 0 unspecified atom stereocenters. The number of hydrogen-bond acceptors (Lipinski definition) is 3. The summed E-state index contributed by atoms with van der Waals surface area (Å²) in [6.07, 6.45) is 6.84. The van der Waals surface area contributed by atoms with Crippen LogP contribution in [0.25, 0.3) is 0 Å². The van der Waals surface area contributed by atoms with E-state index in [9.17, 15) is 0 Å². The van der Waals surface area contributed by atoms with Crippen molar-refractivity contribution in [1.82, 2.24) is 9.88 Å². The summed E-state index contributed by atoms with van der Waals surface area (Å²) in [4.78, 5) is 6.48.